The number of aliphatic hydroxyl groups is 1. The Morgan fingerprint density at radius 2 is 2.25 bits per heavy atom. The average Bonchev–Trinajstić information content (AvgIpc) is 2.03. The van der Waals surface area contributed by atoms with Crippen molar-refractivity contribution in [2.45, 2.75) is 6.29 Å². The summed E-state index contributed by atoms with van der Waals surface area (Å²) in [6.07, 6.45) is -0.903. The van der Waals surface area contributed by atoms with E-state index in [0.717, 1.165) is 4.47 Å². The minimum absolute atomic E-state index is 0.647. The molecule has 0 aliphatic carbocycles. The van der Waals surface area contributed by atoms with Gasteiger partial charge in [0.15, 0.2) is 6.29 Å². The summed E-state index contributed by atoms with van der Waals surface area (Å²) in [6.45, 7) is 0. The van der Waals surface area contributed by atoms with Crippen molar-refractivity contribution in [1.82, 2.24) is 0 Å². The molecule has 0 saturated carbocycles. The molecular weight excluding hydrogens is 222 g/mol. The van der Waals surface area contributed by atoms with Gasteiger partial charge in [-0.3, -0.25) is 0 Å². The Kier molecular flexibility index (Phi) is 3.08. The monoisotopic (exact) mass is 231 g/mol. The number of methoxy groups -OCH3 is 1. The van der Waals surface area contributed by atoms with E-state index in [1.165, 1.54) is 7.11 Å². The molecular formula is C8H10BrNO2. The van der Waals surface area contributed by atoms with E-state index in [9.17, 15) is 5.11 Å². The highest BCUT2D eigenvalue weighted by Crippen LogP contribution is 2.25. The fourth-order valence-corrected chi connectivity index (χ4v) is 1.46. The Labute approximate surface area is 79.3 Å². The van der Waals surface area contributed by atoms with Crippen molar-refractivity contribution in [1.29, 1.82) is 0 Å². The maximum Gasteiger partial charge on any atom is 0.181 e. The zero-order valence-corrected chi connectivity index (χ0v) is 8.21. The van der Waals surface area contributed by atoms with E-state index < -0.39 is 6.29 Å². The van der Waals surface area contributed by atoms with E-state index >= 15 is 0 Å². The molecule has 3 N–H and O–H groups in total. The number of anilines is 1. The van der Waals surface area contributed by atoms with Gasteiger partial charge < -0.3 is 15.6 Å². The molecule has 0 spiro atoms. The molecule has 0 aromatic heterocycles. The molecule has 0 aliphatic rings. The second-order valence-electron chi connectivity index (χ2n) is 2.37. The second-order valence-corrected chi connectivity index (χ2v) is 3.22. The minimum atomic E-state index is -0.903. The fourth-order valence-electron chi connectivity index (χ4n) is 0.871. The van der Waals surface area contributed by atoms with Crippen molar-refractivity contribution in [2.75, 3.05) is 12.8 Å². The van der Waals surface area contributed by atoms with Gasteiger partial charge in [-0.15, -0.1) is 0 Å². The van der Waals surface area contributed by atoms with Crippen LogP contribution >= 0.6 is 15.9 Å². The number of benzene rings is 1. The van der Waals surface area contributed by atoms with Gasteiger partial charge in [0.05, 0.1) is 0 Å². The van der Waals surface area contributed by atoms with Crippen LogP contribution in [-0.4, -0.2) is 12.2 Å². The Hall–Kier alpha value is -0.580. The third-order valence-corrected chi connectivity index (χ3v) is 2.20. The number of nitrogens with two attached hydrogens (primary N) is 1. The summed E-state index contributed by atoms with van der Waals surface area (Å²) in [5.41, 5.74) is 6.84. The standard InChI is InChI=1S/C8H10BrNO2/c1-12-8(11)6-3-2-5(10)4-7(6)9/h2-4,8,11H,10H2,1H3. The van der Waals surface area contributed by atoms with Crippen molar-refractivity contribution < 1.29 is 9.84 Å². The average molecular weight is 232 g/mol. The smallest absolute Gasteiger partial charge is 0.181 e. The van der Waals surface area contributed by atoms with Crippen LogP contribution in [0.5, 0.6) is 0 Å². The maximum absolute atomic E-state index is 9.31. The summed E-state index contributed by atoms with van der Waals surface area (Å²) in [5.74, 6) is 0. The molecule has 66 valence electrons. The van der Waals surface area contributed by atoms with Crippen LogP contribution in [-0.2, 0) is 4.74 Å². The number of halogens is 1. The third kappa shape index (κ3) is 1.97. The minimum Gasteiger partial charge on any atom is -0.399 e. The van der Waals surface area contributed by atoms with E-state index in [1.807, 2.05) is 0 Å². The quantitative estimate of drug-likeness (QED) is 0.602. The van der Waals surface area contributed by atoms with Crippen LogP contribution in [0, 0.1) is 0 Å². The van der Waals surface area contributed by atoms with Crippen molar-refractivity contribution in [3.05, 3.63) is 28.2 Å². The van der Waals surface area contributed by atoms with Crippen LogP contribution in [0.15, 0.2) is 22.7 Å². The molecule has 0 heterocycles. The summed E-state index contributed by atoms with van der Waals surface area (Å²) in [4.78, 5) is 0. The number of aliphatic hydroxyl groups excluding tert-OH is 1. The maximum atomic E-state index is 9.31. The Morgan fingerprint density at radius 1 is 1.58 bits per heavy atom. The third-order valence-electron chi connectivity index (χ3n) is 1.51. The molecule has 3 nitrogen and oxygen atoms in total. The van der Waals surface area contributed by atoms with Crippen molar-refractivity contribution in [3.8, 4) is 0 Å². The summed E-state index contributed by atoms with van der Waals surface area (Å²) in [7, 11) is 1.44. The molecule has 0 amide bonds. The molecule has 1 aromatic carbocycles. The molecule has 0 radical (unpaired) electrons. The first-order chi connectivity index (χ1) is 5.65. The van der Waals surface area contributed by atoms with Gasteiger partial charge in [0.1, 0.15) is 0 Å². The van der Waals surface area contributed by atoms with Crippen LogP contribution in [0.25, 0.3) is 0 Å². The van der Waals surface area contributed by atoms with Gasteiger partial charge in [-0.05, 0) is 12.1 Å². The molecule has 0 aliphatic heterocycles. The highest BCUT2D eigenvalue weighted by molar-refractivity contribution is 9.10. The number of hydrogen-bond acceptors (Lipinski definition) is 3. The molecule has 1 aromatic rings. The molecule has 1 atom stereocenters. The Balaban J connectivity index is 3.01. The molecule has 0 saturated heterocycles. The van der Waals surface area contributed by atoms with Crippen LogP contribution in [0.4, 0.5) is 5.69 Å². The fraction of sp³-hybridized carbons (Fsp3) is 0.250. The van der Waals surface area contributed by atoms with Crippen LogP contribution in [0.2, 0.25) is 0 Å². The highest BCUT2D eigenvalue weighted by atomic mass is 79.9. The molecule has 0 fully saturated rings. The largest absolute Gasteiger partial charge is 0.399 e. The first kappa shape index (κ1) is 9.51. The number of hydrogen-bond donors (Lipinski definition) is 2. The second kappa shape index (κ2) is 3.89. The lowest BCUT2D eigenvalue weighted by atomic mass is 10.2. The molecule has 4 heteroatoms. The van der Waals surface area contributed by atoms with Crippen molar-refractivity contribution in [3.63, 3.8) is 0 Å². The summed E-state index contributed by atoms with van der Waals surface area (Å²) < 4.78 is 5.49. The summed E-state index contributed by atoms with van der Waals surface area (Å²) in [6, 6.07) is 5.15. The highest BCUT2D eigenvalue weighted by Gasteiger charge is 2.09. The lowest BCUT2D eigenvalue weighted by Gasteiger charge is -2.10. The predicted octanol–water partition coefficient (Wildman–Crippen LogP) is 1.67. The number of ether oxygens (including phenoxy) is 1. The zero-order chi connectivity index (χ0) is 9.14. The normalized spacial score (nSPS) is 12.9. The molecule has 1 rings (SSSR count). The van der Waals surface area contributed by atoms with Gasteiger partial charge in [-0.2, -0.15) is 0 Å². The lowest BCUT2D eigenvalue weighted by molar-refractivity contribution is -0.0774. The van der Waals surface area contributed by atoms with Crippen molar-refractivity contribution >= 4 is 21.6 Å². The van der Waals surface area contributed by atoms with Gasteiger partial charge in [0.2, 0.25) is 0 Å². The zero-order valence-electron chi connectivity index (χ0n) is 6.62. The van der Waals surface area contributed by atoms with Crippen LogP contribution < -0.4 is 5.73 Å². The van der Waals surface area contributed by atoms with Gasteiger partial charge in [-0.1, -0.05) is 22.0 Å². The SMILES string of the molecule is COC(O)c1ccc(N)cc1Br. The van der Waals surface area contributed by atoms with Gasteiger partial charge in [-0.25, -0.2) is 0 Å². The first-order valence-corrected chi connectivity index (χ1v) is 4.20. The molecule has 1 unspecified atom stereocenters. The molecule has 0 bridgehead atoms. The van der Waals surface area contributed by atoms with E-state index in [4.69, 9.17) is 10.5 Å². The predicted molar refractivity (Wildman–Crippen MR) is 50.5 cm³/mol. The van der Waals surface area contributed by atoms with E-state index in [1.54, 1.807) is 18.2 Å². The van der Waals surface area contributed by atoms with Gasteiger partial charge >= 0.3 is 0 Å². The Morgan fingerprint density at radius 3 is 2.75 bits per heavy atom. The van der Waals surface area contributed by atoms with E-state index in [0.29, 0.717) is 11.3 Å². The van der Waals surface area contributed by atoms with Crippen LogP contribution in [0.1, 0.15) is 11.9 Å². The first-order valence-electron chi connectivity index (χ1n) is 3.41. The van der Waals surface area contributed by atoms with E-state index in [-0.39, 0.29) is 0 Å². The van der Waals surface area contributed by atoms with Gasteiger partial charge in [0.25, 0.3) is 0 Å². The van der Waals surface area contributed by atoms with Crippen LogP contribution in [0.3, 0.4) is 0 Å². The molecule has 12 heavy (non-hydrogen) atoms. The number of nitrogen functional groups attached to an aromatic ring is 1. The summed E-state index contributed by atoms with van der Waals surface area (Å²) in [5, 5.41) is 9.31. The lowest BCUT2D eigenvalue weighted by Crippen LogP contribution is -2.00. The van der Waals surface area contributed by atoms with Crippen molar-refractivity contribution in [2.24, 2.45) is 0 Å². The van der Waals surface area contributed by atoms with E-state index in [2.05, 4.69) is 15.9 Å². The van der Waals surface area contributed by atoms with Gasteiger partial charge in [0, 0.05) is 22.8 Å². The summed E-state index contributed by atoms with van der Waals surface area (Å²) >= 11 is 3.27. The Bertz CT molecular complexity index is 278. The topological polar surface area (TPSA) is 55.5 Å². The number of rotatable bonds is 2.